The third-order valence-corrected chi connectivity index (χ3v) is 14.9. The van der Waals surface area contributed by atoms with E-state index >= 15 is 0 Å². The molecule has 0 radical (unpaired) electrons. The van der Waals surface area contributed by atoms with Crippen LogP contribution >= 0.6 is 23.8 Å². The monoisotopic (exact) mass is 676 g/mol. The van der Waals surface area contributed by atoms with Crippen molar-refractivity contribution in [2.45, 2.75) is 0 Å². The molecule has 0 fully saturated rings. The minimum atomic E-state index is -0.366. The number of hydrogen-bond acceptors (Lipinski definition) is 0. The summed E-state index contributed by atoms with van der Waals surface area (Å²) in [4.78, 5) is 0. The molecule has 0 bridgehead atoms. The molecule has 0 aliphatic rings. The van der Waals surface area contributed by atoms with Crippen LogP contribution in [0.25, 0.3) is 0 Å². The van der Waals surface area contributed by atoms with Crippen LogP contribution in [0.1, 0.15) is 0 Å². The summed E-state index contributed by atoms with van der Waals surface area (Å²) in [6.07, 6.45) is 5.00. The SMILES string of the molecule is [C-]#[O+].[C-]#[O+].[C-]#[O+].[Ni].c1ccc(P(CCP(c2ccccc2)c2ccccc2)CCP(c2ccccc2)c2ccccc2)cc1. The molecule has 0 unspecified atom stereocenters. The molecule has 0 aromatic heterocycles. The van der Waals surface area contributed by atoms with Crippen LogP contribution in [0.4, 0.5) is 0 Å². The Labute approximate surface area is 275 Å². The van der Waals surface area contributed by atoms with E-state index in [1.165, 1.54) is 45.9 Å². The van der Waals surface area contributed by atoms with Crippen molar-refractivity contribution >= 4 is 50.3 Å². The van der Waals surface area contributed by atoms with E-state index in [-0.39, 0.29) is 40.3 Å². The molecular formula is C37H33NiO3P3. The van der Waals surface area contributed by atoms with Gasteiger partial charge in [-0.2, -0.15) is 0 Å². The summed E-state index contributed by atoms with van der Waals surface area (Å²) in [6, 6.07) is 56.0. The van der Waals surface area contributed by atoms with Crippen molar-refractivity contribution in [1.29, 1.82) is 0 Å². The van der Waals surface area contributed by atoms with Crippen LogP contribution in [0.3, 0.4) is 0 Å². The fourth-order valence-corrected chi connectivity index (χ4v) is 13.3. The van der Waals surface area contributed by atoms with E-state index in [4.69, 9.17) is 14.0 Å². The fraction of sp³-hybridized carbons (Fsp3) is 0.108. The maximum absolute atomic E-state index is 7.50. The Hall–Kier alpha value is -2.90. The van der Waals surface area contributed by atoms with Gasteiger partial charge in [0.15, 0.2) is 0 Å². The van der Waals surface area contributed by atoms with E-state index in [0.717, 1.165) is 0 Å². The molecule has 0 spiro atoms. The summed E-state index contributed by atoms with van der Waals surface area (Å²) >= 11 is 0. The van der Waals surface area contributed by atoms with Gasteiger partial charge < -0.3 is 0 Å². The standard InChI is InChI=1S/C34H33P3.3CO.Ni/c1-6-16-30(17-7-1)35(26-28-36(31-18-8-2-9-19-31)32-20-10-3-11-21-32)27-29-37(33-22-12-4-13-23-33)34-24-14-5-15-25-34;3*1-2;/h1-25H,26-29H2;;;;. The van der Waals surface area contributed by atoms with Crippen LogP contribution in [0.2, 0.25) is 0 Å². The molecule has 0 saturated heterocycles. The zero-order chi connectivity index (χ0) is 31.1. The second-order valence-corrected chi connectivity index (χ2v) is 16.1. The minimum Gasteiger partial charge on any atom is -0.0746 e. The molecule has 0 atom stereocenters. The number of benzene rings is 5. The van der Waals surface area contributed by atoms with Gasteiger partial charge in [0, 0.05) is 16.5 Å². The second-order valence-electron chi connectivity index (χ2n) is 8.97. The molecule has 0 heterocycles. The zero-order valence-corrected chi connectivity index (χ0v) is 27.8. The predicted octanol–water partition coefficient (Wildman–Crippen LogP) is 6.94. The molecular weight excluding hydrogens is 644 g/mol. The van der Waals surface area contributed by atoms with Gasteiger partial charge in [0.05, 0.1) is 0 Å². The Kier molecular flexibility index (Phi) is 21.7. The Morgan fingerprint density at radius 1 is 0.318 bits per heavy atom. The molecule has 0 aliphatic carbocycles. The van der Waals surface area contributed by atoms with Gasteiger partial charge in [-0.1, -0.05) is 160 Å². The van der Waals surface area contributed by atoms with Gasteiger partial charge >= 0.3 is 33.9 Å². The van der Waals surface area contributed by atoms with Crippen LogP contribution in [0.15, 0.2) is 152 Å². The van der Waals surface area contributed by atoms with Crippen molar-refractivity contribution in [2.24, 2.45) is 0 Å². The van der Waals surface area contributed by atoms with Crippen molar-refractivity contribution in [3.8, 4) is 0 Å². The summed E-state index contributed by atoms with van der Waals surface area (Å²) in [5, 5.41) is 7.50. The first-order valence-corrected chi connectivity index (χ1v) is 18.3. The summed E-state index contributed by atoms with van der Waals surface area (Å²) < 4.78 is 22.5. The summed E-state index contributed by atoms with van der Waals surface area (Å²) in [7, 11) is -0.982. The van der Waals surface area contributed by atoms with Crippen molar-refractivity contribution in [3.05, 3.63) is 172 Å². The molecule has 3 nitrogen and oxygen atoms in total. The van der Waals surface area contributed by atoms with Crippen LogP contribution in [-0.2, 0) is 30.4 Å². The van der Waals surface area contributed by atoms with Gasteiger partial charge in [-0.15, -0.1) is 0 Å². The molecule has 224 valence electrons. The summed E-state index contributed by atoms with van der Waals surface area (Å²) in [5.74, 6) is 0. The van der Waals surface area contributed by atoms with E-state index in [2.05, 4.69) is 172 Å². The molecule has 5 aromatic rings. The van der Waals surface area contributed by atoms with E-state index in [9.17, 15) is 0 Å². The van der Waals surface area contributed by atoms with E-state index in [1.807, 2.05) is 0 Å². The Morgan fingerprint density at radius 3 is 0.750 bits per heavy atom. The molecule has 7 heteroatoms. The topological polar surface area (TPSA) is 59.7 Å². The molecule has 0 saturated carbocycles. The van der Waals surface area contributed by atoms with Gasteiger partial charge in [0.25, 0.3) is 0 Å². The average molecular weight is 677 g/mol. The normalized spacial score (nSPS) is 9.66. The first-order valence-electron chi connectivity index (χ1n) is 13.5. The van der Waals surface area contributed by atoms with E-state index < -0.39 is 0 Å². The Balaban J connectivity index is 0.00000130. The van der Waals surface area contributed by atoms with Crippen molar-refractivity contribution < 1.29 is 30.4 Å². The maximum Gasteiger partial charge on any atom is 0 e. The van der Waals surface area contributed by atoms with Crippen LogP contribution < -0.4 is 26.5 Å². The van der Waals surface area contributed by atoms with Crippen molar-refractivity contribution in [3.63, 3.8) is 0 Å². The minimum absolute atomic E-state index is 0. The molecule has 0 aliphatic heterocycles. The number of hydrogen-bond donors (Lipinski definition) is 0. The van der Waals surface area contributed by atoms with Crippen LogP contribution in [0, 0.1) is 20.0 Å². The Morgan fingerprint density at radius 2 is 0.523 bits per heavy atom. The van der Waals surface area contributed by atoms with E-state index in [0.29, 0.717) is 0 Å². The smallest absolute Gasteiger partial charge is 0 e. The second kappa shape index (κ2) is 24.4. The molecule has 44 heavy (non-hydrogen) atoms. The maximum atomic E-state index is 7.50. The van der Waals surface area contributed by atoms with E-state index in [1.54, 1.807) is 5.30 Å². The van der Waals surface area contributed by atoms with Crippen LogP contribution in [0.5, 0.6) is 0 Å². The van der Waals surface area contributed by atoms with Crippen molar-refractivity contribution in [2.75, 3.05) is 24.6 Å². The zero-order valence-electron chi connectivity index (χ0n) is 24.1. The predicted molar refractivity (Wildman–Crippen MR) is 182 cm³/mol. The van der Waals surface area contributed by atoms with Gasteiger partial charge in [-0.05, 0) is 67.0 Å². The van der Waals surface area contributed by atoms with Gasteiger partial charge in [-0.3, -0.25) is 0 Å². The molecule has 5 rings (SSSR count). The third kappa shape index (κ3) is 12.6. The molecule has 0 N–H and O–H groups in total. The van der Waals surface area contributed by atoms with Crippen LogP contribution in [-0.4, -0.2) is 24.6 Å². The van der Waals surface area contributed by atoms with Crippen molar-refractivity contribution in [1.82, 2.24) is 0 Å². The third-order valence-electron chi connectivity index (χ3n) is 6.58. The van der Waals surface area contributed by atoms with Gasteiger partial charge in [0.2, 0.25) is 0 Å². The van der Waals surface area contributed by atoms with Gasteiger partial charge in [-0.25, -0.2) is 0 Å². The fourth-order valence-electron chi connectivity index (χ4n) is 4.70. The van der Waals surface area contributed by atoms with Gasteiger partial charge in [0.1, 0.15) is 0 Å². The average Bonchev–Trinajstić information content (AvgIpc) is 3.12. The summed E-state index contributed by atoms with van der Waals surface area (Å²) in [6.45, 7) is 13.5. The molecule has 0 amide bonds. The summed E-state index contributed by atoms with van der Waals surface area (Å²) in [5.41, 5.74) is 0. The quantitative estimate of drug-likeness (QED) is 0.0630. The first-order chi connectivity index (χ1) is 21.4. The number of rotatable bonds is 11. The molecule has 5 aromatic carbocycles. The first kappa shape index (κ1) is 39.1. The Bertz CT molecular complexity index is 1290. The largest absolute Gasteiger partial charge is 0.0746 e.